The molecular weight excluding hydrogens is 243 g/mol. The van der Waals surface area contributed by atoms with E-state index in [0.29, 0.717) is 5.75 Å². The van der Waals surface area contributed by atoms with Crippen LogP contribution in [0.3, 0.4) is 0 Å². The third-order valence-corrected chi connectivity index (χ3v) is 2.82. The fraction of sp³-hybridized carbons (Fsp3) is 0.500. The average molecular weight is 258 g/mol. The number of rotatable bonds is 3. The smallest absolute Gasteiger partial charge is 0.229 e. The molecule has 1 aliphatic heterocycles. The van der Waals surface area contributed by atoms with E-state index in [-0.39, 0.29) is 0 Å². The fourth-order valence-corrected chi connectivity index (χ4v) is 1.77. The summed E-state index contributed by atoms with van der Waals surface area (Å²) in [5, 5.41) is 28.7. The molecule has 0 radical (unpaired) electrons. The highest BCUT2D eigenvalue weighted by Gasteiger charge is 2.44. The number of aliphatic hydroxyl groups is 3. The Labute approximate surface area is 103 Å². The lowest BCUT2D eigenvalue weighted by atomic mass is 10.00. The molecule has 2 unspecified atom stereocenters. The second kappa shape index (κ2) is 5.62. The van der Waals surface area contributed by atoms with Crippen LogP contribution in [0.4, 0.5) is 4.39 Å². The maximum absolute atomic E-state index is 12.6. The predicted octanol–water partition coefficient (Wildman–Crippen LogP) is -0.158. The lowest BCUT2D eigenvalue weighted by Crippen LogP contribution is -2.59. The zero-order valence-corrected chi connectivity index (χ0v) is 9.52. The van der Waals surface area contributed by atoms with Crippen molar-refractivity contribution in [2.45, 2.75) is 30.7 Å². The topological polar surface area (TPSA) is 79.2 Å². The lowest BCUT2D eigenvalue weighted by Gasteiger charge is -2.39. The van der Waals surface area contributed by atoms with E-state index in [2.05, 4.69) is 0 Å². The molecule has 1 aromatic rings. The molecule has 6 heteroatoms. The van der Waals surface area contributed by atoms with Gasteiger partial charge in [0.2, 0.25) is 6.29 Å². The van der Waals surface area contributed by atoms with Gasteiger partial charge in [-0.05, 0) is 12.1 Å². The Kier molecular flexibility index (Phi) is 4.13. The first-order valence-corrected chi connectivity index (χ1v) is 5.61. The molecule has 1 saturated heterocycles. The molecule has 1 aromatic carbocycles. The van der Waals surface area contributed by atoms with Crippen LogP contribution < -0.4 is 4.74 Å². The predicted molar refractivity (Wildman–Crippen MR) is 59.7 cm³/mol. The van der Waals surface area contributed by atoms with Crippen molar-refractivity contribution in [3.63, 3.8) is 0 Å². The first kappa shape index (κ1) is 13.2. The Morgan fingerprint density at radius 1 is 1.06 bits per heavy atom. The number of hydrogen-bond acceptors (Lipinski definition) is 5. The van der Waals surface area contributed by atoms with Gasteiger partial charge in [0.15, 0.2) is 0 Å². The number of ether oxygens (including phenoxy) is 2. The minimum atomic E-state index is -1.51. The summed E-state index contributed by atoms with van der Waals surface area (Å²) in [5.41, 5.74) is 0. The summed E-state index contributed by atoms with van der Waals surface area (Å²) in [6.45, 7) is -0.973. The van der Waals surface area contributed by atoms with E-state index in [0.717, 1.165) is 0 Å². The van der Waals surface area contributed by atoms with Crippen molar-refractivity contribution in [1.29, 1.82) is 0 Å². The lowest BCUT2D eigenvalue weighted by molar-refractivity contribution is -0.274. The van der Waals surface area contributed by atoms with Gasteiger partial charge in [-0.3, -0.25) is 0 Å². The molecular formula is C12H15FO5. The average Bonchev–Trinajstić information content (AvgIpc) is 2.40. The molecule has 0 bridgehead atoms. The Bertz CT molecular complexity index is 372. The van der Waals surface area contributed by atoms with Gasteiger partial charge in [-0.25, -0.2) is 4.39 Å². The number of alkyl halides is 1. The number of aliphatic hydroxyl groups excluding tert-OH is 3. The molecule has 1 aliphatic rings. The van der Waals surface area contributed by atoms with Crippen LogP contribution in [0.2, 0.25) is 0 Å². The van der Waals surface area contributed by atoms with Crippen LogP contribution in [0.25, 0.3) is 0 Å². The molecule has 0 spiro atoms. The highest BCUT2D eigenvalue weighted by molar-refractivity contribution is 5.21. The zero-order valence-electron chi connectivity index (χ0n) is 9.52. The standard InChI is InChI=1S/C12H15FO5/c13-6-8-9(14)10(15)11(16)12(18-8)17-7-4-2-1-3-5-7/h1-5,8-12,14-16H,6H2/t8?,9-,10-,11?,12+/m1/s1. The van der Waals surface area contributed by atoms with Crippen LogP contribution in [0.15, 0.2) is 30.3 Å². The molecule has 18 heavy (non-hydrogen) atoms. The van der Waals surface area contributed by atoms with Crippen molar-refractivity contribution >= 4 is 0 Å². The van der Waals surface area contributed by atoms with E-state index in [4.69, 9.17) is 9.47 Å². The quantitative estimate of drug-likeness (QED) is 0.702. The van der Waals surface area contributed by atoms with Crippen molar-refractivity contribution in [3.05, 3.63) is 30.3 Å². The monoisotopic (exact) mass is 258 g/mol. The largest absolute Gasteiger partial charge is 0.462 e. The van der Waals surface area contributed by atoms with Crippen molar-refractivity contribution in [3.8, 4) is 5.75 Å². The molecule has 2 rings (SSSR count). The van der Waals surface area contributed by atoms with Crippen LogP contribution in [-0.4, -0.2) is 52.7 Å². The van der Waals surface area contributed by atoms with Gasteiger partial charge in [0.25, 0.3) is 0 Å². The molecule has 0 amide bonds. The number of hydrogen-bond donors (Lipinski definition) is 3. The van der Waals surface area contributed by atoms with Crippen molar-refractivity contribution < 1.29 is 29.2 Å². The van der Waals surface area contributed by atoms with Crippen LogP contribution in [0.1, 0.15) is 0 Å². The second-order valence-corrected chi connectivity index (χ2v) is 4.10. The van der Waals surface area contributed by atoms with E-state index >= 15 is 0 Å². The molecule has 1 heterocycles. The summed E-state index contributed by atoms with van der Waals surface area (Å²) in [7, 11) is 0. The molecule has 0 saturated carbocycles. The Morgan fingerprint density at radius 3 is 2.33 bits per heavy atom. The summed E-state index contributed by atoms with van der Waals surface area (Å²) in [6, 6.07) is 8.51. The molecule has 0 aliphatic carbocycles. The van der Waals surface area contributed by atoms with Crippen molar-refractivity contribution in [2.75, 3.05) is 6.67 Å². The molecule has 1 fully saturated rings. The van der Waals surface area contributed by atoms with Crippen LogP contribution in [0, 0.1) is 0 Å². The van der Waals surface area contributed by atoms with Gasteiger partial charge in [0.1, 0.15) is 36.8 Å². The maximum atomic E-state index is 12.6. The maximum Gasteiger partial charge on any atom is 0.229 e. The highest BCUT2D eigenvalue weighted by atomic mass is 19.1. The van der Waals surface area contributed by atoms with Crippen molar-refractivity contribution in [1.82, 2.24) is 0 Å². The van der Waals surface area contributed by atoms with Crippen LogP contribution >= 0.6 is 0 Å². The van der Waals surface area contributed by atoms with Gasteiger partial charge < -0.3 is 24.8 Å². The van der Waals surface area contributed by atoms with Gasteiger partial charge in [0.05, 0.1) is 0 Å². The molecule has 3 N–H and O–H groups in total. The number of para-hydroxylation sites is 1. The van der Waals surface area contributed by atoms with E-state index in [9.17, 15) is 19.7 Å². The minimum Gasteiger partial charge on any atom is -0.462 e. The SMILES string of the molecule is OC1[C@@H](Oc2ccccc2)OC(CF)[C@@H](O)[C@H]1O. The zero-order chi connectivity index (χ0) is 13.1. The van der Waals surface area contributed by atoms with Gasteiger partial charge in [-0.2, -0.15) is 0 Å². The molecule has 100 valence electrons. The third-order valence-electron chi connectivity index (χ3n) is 2.82. The molecule has 5 nitrogen and oxygen atoms in total. The van der Waals surface area contributed by atoms with Gasteiger partial charge in [-0.15, -0.1) is 0 Å². The normalized spacial score (nSPS) is 36.3. The summed E-state index contributed by atoms with van der Waals surface area (Å²) >= 11 is 0. The van der Waals surface area contributed by atoms with Gasteiger partial charge in [0, 0.05) is 0 Å². The number of halogens is 1. The summed E-state index contributed by atoms with van der Waals surface area (Å²) in [5.74, 6) is 0.419. The van der Waals surface area contributed by atoms with Crippen molar-refractivity contribution in [2.24, 2.45) is 0 Å². The first-order valence-electron chi connectivity index (χ1n) is 5.61. The second-order valence-electron chi connectivity index (χ2n) is 4.10. The molecule has 5 atom stereocenters. The van der Waals surface area contributed by atoms with E-state index < -0.39 is 37.4 Å². The van der Waals surface area contributed by atoms with Crippen LogP contribution in [0.5, 0.6) is 5.75 Å². The summed E-state index contributed by atoms with van der Waals surface area (Å²) in [6.07, 6.45) is -6.85. The van der Waals surface area contributed by atoms with E-state index in [1.165, 1.54) is 0 Å². The number of benzene rings is 1. The highest BCUT2D eigenvalue weighted by Crippen LogP contribution is 2.24. The van der Waals surface area contributed by atoms with Gasteiger partial charge >= 0.3 is 0 Å². The van der Waals surface area contributed by atoms with Crippen LogP contribution in [-0.2, 0) is 4.74 Å². The van der Waals surface area contributed by atoms with E-state index in [1.54, 1.807) is 30.3 Å². The van der Waals surface area contributed by atoms with Gasteiger partial charge in [-0.1, -0.05) is 18.2 Å². The summed E-state index contributed by atoms with van der Waals surface area (Å²) in [4.78, 5) is 0. The Morgan fingerprint density at radius 2 is 1.72 bits per heavy atom. The minimum absolute atomic E-state index is 0.419. The Balaban J connectivity index is 2.08. The Hall–Kier alpha value is -1.21. The molecule has 0 aromatic heterocycles. The third kappa shape index (κ3) is 2.62. The summed E-state index contributed by atoms with van der Waals surface area (Å²) < 4.78 is 23.0. The fourth-order valence-electron chi connectivity index (χ4n) is 1.77. The van der Waals surface area contributed by atoms with E-state index in [1.807, 2.05) is 0 Å². The first-order chi connectivity index (χ1) is 8.63.